The third-order valence-corrected chi connectivity index (χ3v) is 9.74. The van der Waals surface area contributed by atoms with E-state index in [1.807, 2.05) is 36.4 Å². The van der Waals surface area contributed by atoms with Gasteiger partial charge in [0.05, 0.1) is 11.1 Å². The number of amides is 1. The Kier molecular flexibility index (Phi) is 7.83. The number of nitrogens with two attached hydrogens (primary N) is 1. The number of anilines is 2. The lowest BCUT2D eigenvalue weighted by molar-refractivity contribution is 0.0710. The Morgan fingerprint density at radius 3 is 2.42 bits per heavy atom. The second-order valence-corrected chi connectivity index (χ2v) is 12.7. The normalized spacial score (nSPS) is 17.1. The van der Waals surface area contributed by atoms with Crippen molar-refractivity contribution in [2.45, 2.75) is 38.3 Å². The summed E-state index contributed by atoms with van der Waals surface area (Å²) in [5.41, 5.74) is 12.7. The number of likely N-dealkylation sites (tertiary alicyclic amines) is 2. The van der Waals surface area contributed by atoms with Crippen molar-refractivity contribution < 1.29 is 4.79 Å². The highest BCUT2D eigenvalue weighted by Crippen LogP contribution is 2.31. The summed E-state index contributed by atoms with van der Waals surface area (Å²) in [5.74, 6) is 0.820. The van der Waals surface area contributed by atoms with E-state index in [4.69, 9.17) is 10.7 Å². The minimum atomic E-state index is 0.104. The first-order valence-electron chi connectivity index (χ1n) is 15.3. The quantitative estimate of drug-likeness (QED) is 0.184. The zero-order valence-electron chi connectivity index (χ0n) is 24.3. The molecule has 0 aliphatic carbocycles. The van der Waals surface area contributed by atoms with E-state index in [0.29, 0.717) is 17.9 Å². The van der Waals surface area contributed by atoms with Gasteiger partial charge in [0, 0.05) is 41.6 Å². The summed E-state index contributed by atoms with van der Waals surface area (Å²) in [6.45, 7) is 4.69. The zero-order valence-corrected chi connectivity index (χ0v) is 25.2. The maximum atomic E-state index is 14.4. The van der Waals surface area contributed by atoms with Crippen LogP contribution < -0.4 is 11.1 Å². The molecule has 2 saturated heterocycles. The molecule has 43 heavy (non-hydrogen) atoms. The highest BCUT2D eigenvalue weighted by molar-refractivity contribution is 7.13. The second kappa shape index (κ2) is 12.2. The Morgan fingerprint density at radius 1 is 0.884 bits per heavy atom. The van der Waals surface area contributed by atoms with Gasteiger partial charge in [-0.2, -0.15) is 0 Å². The van der Waals surface area contributed by atoms with Gasteiger partial charge in [-0.25, -0.2) is 4.98 Å². The topological polar surface area (TPSA) is 74.5 Å². The van der Waals surface area contributed by atoms with Gasteiger partial charge >= 0.3 is 0 Å². The average molecular weight is 588 g/mol. The van der Waals surface area contributed by atoms with Gasteiger partial charge in [-0.15, -0.1) is 11.3 Å². The van der Waals surface area contributed by atoms with E-state index < -0.39 is 0 Å². The van der Waals surface area contributed by atoms with Crippen LogP contribution in [0.5, 0.6) is 0 Å². The Labute approximate surface area is 257 Å². The molecule has 0 bridgehead atoms. The number of nitrogens with zero attached hydrogens (tertiary/aromatic N) is 3. The number of hydrogen-bond acceptors (Lipinski definition) is 6. The first-order chi connectivity index (χ1) is 21.1. The molecule has 2 aliphatic rings. The van der Waals surface area contributed by atoms with Crippen LogP contribution in [0.4, 0.5) is 11.5 Å². The van der Waals surface area contributed by atoms with Crippen LogP contribution in [0.15, 0.2) is 90.3 Å². The largest absolute Gasteiger partial charge is 0.399 e. The number of nitrogen functional groups attached to an aromatic ring is 1. The van der Waals surface area contributed by atoms with Gasteiger partial charge in [-0.05, 0) is 103 Å². The highest BCUT2D eigenvalue weighted by Gasteiger charge is 2.32. The minimum absolute atomic E-state index is 0.104. The Morgan fingerprint density at radius 2 is 1.65 bits per heavy atom. The van der Waals surface area contributed by atoms with E-state index in [0.717, 1.165) is 66.7 Å². The number of hydrogen-bond donors (Lipinski definition) is 2. The monoisotopic (exact) mass is 587 g/mol. The van der Waals surface area contributed by atoms with Gasteiger partial charge in [0.2, 0.25) is 0 Å². The van der Waals surface area contributed by atoms with Crippen LogP contribution in [-0.2, 0) is 6.54 Å². The Bertz CT molecular complexity index is 1710. The lowest BCUT2D eigenvalue weighted by atomic mass is 9.99. The fourth-order valence-corrected chi connectivity index (χ4v) is 7.21. The maximum absolute atomic E-state index is 14.4. The van der Waals surface area contributed by atoms with E-state index in [1.54, 1.807) is 11.3 Å². The molecule has 5 aromatic rings. The number of pyridine rings is 1. The third kappa shape index (κ3) is 6.01. The van der Waals surface area contributed by atoms with Gasteiger partial charge in [-0.3, -0.25) is 4.79 Å². The van der Waals surface area contributed by atoms with Crippen LogP contribution in [0.3, 0.4) is 0 Å². The molecule has 0 unspecified atom stereocenters. The standard InChI is InChI=1S/C36H37N5OS/c37-29-14-11-26(12-15-29)28-13-16-33-31(21-28)32(36(42)41-19-3-5-30(41)24-40-17-1-2-18-40)22-35(39-33)38-23-25-7-9-27(10-8-25)34-6-4-20-43-34/h4,6-16,20-22,30H,1-3,5,17-19,23-24,37H2,(H,38,39)/t30-/m0/s1. The molecule has 1 amide bonds. The van der Waals surface area contributed by atoms with Gasteiger partial charge in [-0.1, -0.05) is 48.5 Å². The number of fused-ring (bicyclic) bond motifs is 1. The molecular formula is C36H37N5OS. The molecule has 2 fully saturated rings. The summed E-state index contributed by atoms with van der Waals surface area (Å²) in [5, 5.41) is 6.50. The van der Waals surface area contributed by atoms with Gasteiger partial charge in [0.15, 0.2) is 0 Å². The molecule has 4 heterocycles. The summed E-state index contributed by atoms with van der Waals surface area (Å²) in [6, 6.07) is 29.2. The van der Waals surface area contributed by atoms with Crippen molar-refractivity contribution in [2.24, 2.45) is 0 Å². The molecule has 2 aromatic heterocycles. The van der Waals surface area contributed by atoms with Crippen molar-refractivity contribution >= 4 is 39.7 Å². The zero-order chi connectivity index (χ0) is 29.2. The van der Waals surface area contributed by atoms with Crippen LogP contribution >= 0.6 is 11.3 Å². The van der Waals surface area contributed by atoms with Gasteiger partial charge in [0.1, 0.15) is 5.82 Å². The molecule has 0 spiro atoms. The predicted molar refractivity (Wildman–Crippen MR) is 178 cm³/mol. The van der Waals surface area contributed by atoms with Crippen molar-refractivity contribution in [3.05, 3.63) is 101 Å². The average Bonchev–Trinajstić information content (AvgIpc) is 3.84. The van der Waals surface area contributed by atoms with Crippen molar-refractivity contribution in [1.29, 1.82) is 0 Å². The molecule has 6 nitrogen and oxygen atoms in total. The number of benzene rings is 3. The predicted octanol–water partition coefficient (Wildman–Crippen LogP) is 7.53. The Balaban J connectivity index is 1.20. The van der Waals surface area contributed by atoms with E-state index in [9.17, 15) is 4.79 Å². The fraction of sp³-hybridized carbons (Fsp3) is 0.278. The molecule has 0 saturated carbocycles. The maximum Gasteiger partial charge on any atom is 0.254 e. The molecule has 2 aliphatic heterocycles. The van der Waals surface area contributed by atoms with E-state index >= 15 is 0 Å². The van der Waals surface area contributed by atoms with Crippen LogP contribution in [-0.4, -0.2) is 52.9 Å². The summed E-state index contributed by atoms with van der Waals surface area (Å²) < 4.78 is 0. The SMILES string of the molecule is Nc1ccc(-c2ccc3nc(NCc4ccc(-c5cccs5)cc4)cc(C(=O)N4CCC[C@H]4CN4CCCC4)c3c2)cc1. The molecule has 0 radical (unpaired) electrons. The van der Waals surface area contributed by atoms with Crippen molar-refractivity contribution in [1.82, 2.24) is 14.8 Å². The smallest absolute Gasteiger partial charge is 0.254 e. The first kappa shape index (κ1) is 27.6. The number of carbonyl (C=O) groups is 1. The number of carbonyl (C=O) groups excluding carboxylic acids is 1. The van der Waals surface area contributed by atoms with Crippen LogP contribution in [0.1, 0.15) is 41.6 Å². The van der Waals surface area contributed by atoms with Crippen molar-refractivity contribution in [2.75, 3.05) is 37.2 Å². The number of nitrogens with one attached hydrogen (secondary N) is 1. The summed E-state index contributed by atoms with van der Waals surface area (Å²) >= 11 is 1.75. The summed E-state index contributed by atoms with van der Waals surface area (Å²) in [7, 11) is 0. The number of aromatic nitrogens is 1. The third-order valence-electron chi connectivity index (χ3n) is 8.82. The lowest BCUT2D eigenvalue weighted by Gasteiger charge is -2.29. The molecule has 1 atom stereocenters. The first-order valence-corrected chi connectivity index (χ1v) is 16.2. The molecule has 218 valence electrons. The van der Waals surface area contributed by atoms with E-state index in [1.165, 1.54) is 28.8 Å². The van der Waals surface area contributed by atoms with Crippen molar-refractivity contribution in [3.8, 4) is 21.6 Å². The fourth-order valence-electron chi connectivity index (χ4n) is 6.48. The molecule has 3 aromatic carbocycles. The minimum Gasteiger partial charge on any atom is -0.399 e. The van der Waals surface area contributed by atoms with Gasteiger partial charge in [0.25, 0.3) is 5.91 Å². The summed E-state index contributed by atoms with van der Waals surface area (Å²) in [4.78, 5) is 25.2. The number of rotatable bonds is 8. The van der Waals surface area contributed by atoms with Crippen LogP contribution in [0, 0.1) is 0 Å². The van der Waals surface area contributed by atoms with Gasteiger partial charge < -0.3 is 20.9 Å². The number of thiophene rings is 1. The molecular weight excluding hydrogens is 550 g/mol. The lowest BCUT2D eigenvalue weighted by Crippen LogP contribution is -2.42. The highest BCUT2D eigenvalue weighted by atomic mass is 32.1. The van der Waals surface area contributed by atoms with Crippen LogP contribution in [0.25, 0.3) is 32.5 Å². The Hall–Kier alpha value is -4.20. The van der Waals surface area contributed by atoms with E-state index in [-0.39, 0.29) is 11.9 Å². The second-order valence-electron chi connectivity index (χ2n) is 11.7. The molecule has 7 heteroatoms. The summed E-state index contributed by atoms with van der Waals surface area (Å²) in [6.07, 6.45) is 4.63. The van der Waals surface area contributed by atoms with Crippen molar-refractivity contribution in [3.63, 3.8) is 0 Å². The van der Waals surface area contributed by atoms with E-state index in [2.05, 4.69) is 69.0 Å². The van der Waals surface area contributed by atoms with Crippen LogP contribution in [0.2, 0.25) is 0 Å². The molecule has 7 rings (SSSR count). The molecule has 3 N–H and O–H groups in total.